The van der Waals surface area contributed by atoms with E-state index in [1.165, 1.54) is 44.3 Å². The Morgan fingerprint density at radius 3 is 2.17 bits per heavy atom. The molecule has 3 aromatic rings. The van der Waals surface area contributed by atoms with E-state index in [1.807, 2.05) is 0 Å². The number of pyridine rings is 1. The van der Waals surface area contributed by atoms with Crippen molar-refractivity contribution in [2.24, 2.45) is 12.5 Å². The Hall–Kier alpha value is -2.15. The first-order valence-electron chi connectivity index (χ1n) is 11.0. The molecule has 1 nitrogen and oxygen atoms in total. The van der Waals surface area contributed by atoms with Crippen LogP contribution < -0.4 is 4.57 Å². The molecule has 1 aromatic heterocycles. The lowest BCUT2D eigenvalue weighted by Gasteiger charge is -2.19. The topological polar surface area (TPSA) is 3.88 Å². The summed E-state index contributed by atoms with van der Waals surface area (Å²) < 4.78 is 2.29. The Morgan fingerprint density at radius 2 is 1.59 bits per heavy atom. The van der Waals surface area contributed by atoms with Crippen LogP contribution in [0.4, 0.5) is 0 Å². The molecule has 0 aliphatic heterocycles. The van der Waals surface area contributed by atoms with Crippen molar-refractivity contribution in [3.05, 3.63) is 64.8 Å². The molecule has 0 aliphatic rings. The van der Waals surface area contributed by atoms with Gasteiger partial charge >= 0.3 is 0 Å². The van der Waals surface area contributed by atoms with Gasteiger partial charge in [-0.1, -0.05) is 66.7 Å². The molecule has 0 amide bonds. The highest BCUT2D eigenvalue weighted by molar-refractivity contribution is 5.94. The van der Waals surface area contributed by atoms with E-state index in [4.69, 9.17) is 0 Å². The van der Waals surface area contributed by atoms with Crippen LogP contribution in [0.5, 0.6) is 0 Å². The van der Waals surface area contributed by atoms with Crippen LogP contribution in [-0.2, 0) is 13.5 Å². The lowest BCUT2D eigenvalue weighted by Crippen LogP contribution is -2.31. The quantitative estimate of drug-likeness (QED) is 0.408. The molecule has 0 radical (unpaired) electrons. The minimum absolute atomic E-state index is 0.296. The van der Waals surface area contributed by atoms with Crippen LogP contribution in [0.1, 0.15) is 82.6 Å². The molecule has 3 rings (SSSR count). The van der Waals surface area contributed by atoms with Crippen LogP contribution in [0.3, 0.4) is 0 Å². The number of hydrogen-bond acceptors (Lipinski definition) is 0. The molecule has 0 bridgehead atoms. The van der Waals surface area contributed by atoms with E-state index >= 15 is 0 Å². The van der Waals surface area contributed by atoms with Gasteiger partial charge < -0.3 is 0 Å². The third-order valence-corrected chi connectivity index (χ3v) is 5.95. The molecular weight excluding hydrogens is 350 g/mol. The highest BCUT2D eigenvalue weighted by Crippen LogP contribution is 2.35. The Labute approximate surface area is 177 Å². The Balaban J connectivity index is 2.28. The third-order valence-electron chi connectivity index (χ3n) is 5.95. The van der Waals surface area contributed by atoms with E-state index < -0.39 is 0 Å². The first-order chi connectivity index (χ1) is 13.5. The summed E-state index contributed by atoms with van der Waals surface area (Å²) in [4.78, 5) is 0. The van der Waals surface area contributed by atoms with Crippen molar-refractivity contribution in [1.29, 1.82) is 0 Å². The minimum atomic E-state index is 0.296. The lowest BCUT2D eigenvalue weighted by atomic mass is 9.85. The van der Waals surface area contributed by atoms with Crippen LogP contribution in [0.2, 0.25) is 0 Å². The van der Waals surface area contributed by atoms with Crippen LogP contribution in [0.25, 0.3) is 22.0 Å². The Bertz CT molecular complexity index is 1030. The maximum Gasteiger partial charge on any atom is 0.220 e. The summed E-state index contributed by atoms with van der Waals surface area (Å²) in [6.07, 6.45) is 3.31. The highest BCUT2D eigenvalue weighted by atomic mass is 14.9. The standard InChI is InChI=1S/C28H38N/c1-18(2)23-15-25(19(3)4)20(5)26(16-23)27-24-11-10-21(17-28(6,7)8)14-22(24)12-13-29(27)9/h10-16,18-19H,17H2,1-9H3/q+1. The molecule has 154 valence electrons. The number of benzene rings is 2. The van der Waals surface area contributed by atoms with E-state index in [9.17, 15) is 0 Å². The second-order valence-electron chi connectivity index (χ2n) is 10.5. The summed E-state index contributed by atoms with van der Waals surface area (Å²) in [5, 5.41) is 2.67. The summed E-state index contributed by atoms with van der Waals surface area (Å²) in [6, 6.07) is 14.1. The zero-order valence-corrected chi connectivity index (χ0v) is 19.9. The Kier molecular flexibility index (Phi) is 5.90. The molecule has 0 saturated carbocycles. The molecule has 0 unspecified atom stereocenters. The number of aryl methyl sites for hydroxylation is 1. The normalized spacial score (nSPS) is 12.4. The van der Waals surface area contributed by atoms with Crippen LogP contribution in [-0.4, -0.2) is 0 Å². The smallest absolute Gasteiger partial charge is 0.200 e. The van der Waals surface area contributed by atoms with Crippen molar-refractivity contribution in [2.75, 3.05) is 0 Å². The molecule has 2 aromatic carbocycles. The van der Waals surface area contributed by atoms with E-state index in [0.29, 0.717) is 17.3 Å². The lowest BCUT2D eigenvalue weighted by molar-refractivity contribution is -0.659. The van der Waals surface area contributed by atoms with Crippen molar-refractivity contribution in [1.82, 2.24) is 0 Å². The maximum absolute atomic E-state index is 2.42. The highest BCUT2D eigenvalue weighted by Gasteiger charge is 2.22. The average Bonchev–Trinajstić information content (AvgIpc) is 2.60. The predicted octanol–water partition coefficient (Wildman–Crippen LogP) is 7.48. The molecule has 0 fully saturated rings. The molecular formula is C28H38N+. The first-order valence-corrected chi connectivity index (χ1v) is 11.0. The molecule has 0 spiro atoms. The number of fused-ring (bicyclic) bond motifs is 1. The molecule has 0 atom stereocenters. The van der Waals surface area contributed by atoms with Gasteiger partial charge in [0.15, 0.2) is 6.20 Å². The number of nitrogens with zero attached hydrogens (tertiary/aromatic N) is 1. The fourth-order valence-corrected chi connectivity index (χ4v) is 4.42. The number of rotatable bonds is 4. The molecule has 1 heteroatoms. The van der Waals surface area contributed by atoms with Gasteiger partial charge in [-0.25, -0.2) is 4.57 Å². The summed E-state index contributed by atoms with van der Waals surface area (Å²) in [6.45, 7) is 18.4. The van der Waals surface area contributed by atoms with Gasteiger partial charge in [0.1, 0.15) is 7.05 Å². The van der Waals surface area contributed by atoms with Gasteiger partial charge in [0, 0.05) is 6.07 Å². The molecule has 29 heavy (non-hydrogen) atoms. The van der Waals surface area contributed by atoms with Gasteiger partial charge in [-0.3, -0.25) is 0 Å². The molecule has 0 aliphatic carbocycles. The van der Waals surface area contributed by atoms with E-state index in [1.54, 1.807) is 0 Å². The van der Waals surface area contributed by atoms with Crippen LogP contribution in [0.15, 0.2) is 42.6 Å². The second kappa shape index (κ2) is 7.94. The second-order valence-corrected chi connectivity index (χ2v) is 10.5. The SMILES string of the molecule is Cc1c(-c2c3ccc(CC(C)(C)C)cc3cc[n+]2C)cc(C(C)C)cc1C(C)C. The van der Waals surface area contributed by atoms with Crippen molar-refractivity contribution in [3.63, 3.8) is 0 Å². The van der Waals surface area contributed by atoms with Crippen LogP contribution in [0, 0.1) is 12.3 Å². The Morgan fingerprint density at radius 1 is 0.897 bits per heavy atom. The van der Waals surface area contributed by atoms with Crippen LogP contribution >= 0.6 is 0 Å². The van der Waals surface area contributed by atoms with Gasteiger partial charge in [-0.05, 0) is 70.4 Å². The van der Waals surface area contributed by atoms with Crippen molar-refractivity contribution < 1.29 is 4.57 Å². The van der Waals surface area contributed by atoms with Gasteiger partial charge in [-0.15, -0.1) is 0 Å². The first kappa shape index (κ1) is 21.6. The fourth-order valence-electron chi connectivity index (χ4n) is 4.42. The van der Waals surface area contributed by atoms with Gasteiger partial charge in [0.05, 0.1) is 10.9 Å². The molecule has 0 saturated heterocycles. The van der Waals surface area contributed by atoms with Crippen molar-refractivity contribution in [3.8, 4) is 11.3 Å². The molecule has 0 N–H and O–H groups in total. The average molecular weight is 389 g/mol. The van der Waals surface area contributed by atoms with E-state index in [0.717, 1.165) is 6.42 Å². The largest absolute Gasteiger partial charge is 0.220 e. The van der Waals surface area contributed by atoms with Crippen molar-refractivity contribution >= 4 is 10.8 Å². The minimum Gasteiger partial charge on any atom is -0.200 e. The summed E-state index contributed by atoms with van der Waals surface area (Å²) in [5.74, 6) is 1.04. The van der Waals surface area contributed by atoms with Gasteiger partial charge in [0.25, 0.3) is 0 Å². The third kappa shape index (κ3) is 4.55. The zero-order chi connectivity index (χ0) is 21.5. The predicted molar refractivity (Wildman–Crippen MR) is 127 cm³/mol. The zero-order valence-electron chi connectivity index (χ0n) is 19.9. The number of hydrogen-bond donors (Lipinski definition) is 0. The summed E-state index contributed by atoms with van der Waals surface area (Å²) >= 11 is 0. The van der Waals surface area contributed by atoms with Gasteiger partial charge in [-0.2, -0.15) is 0 Å². The maximum atomic E-state index is 2.42. The van der Waals surface area contributed by atoms with E-state index in [-0.39, 0.29) is 0 Å². The monoisotopic (exact) mass is 388 g/mol. The van der Waals surface area contributed by atoms with Crippen molar-refractivity contribution in [2.45, 2.75) is 73.6 Å². The number of aromatic nitrogens is 1. The summed E-state index contributed by atoms with van der Waals surface area (Å²) in [7, 11) is 2.17. The molecule has 1 heterocycles. The van der Waals surface area contributed by atoms with E-state index in [2.05, 4.69) is 110 Å². The summed E-state index contributed by atoms with van der Waals surface area (Å²) in [5.41, 5.74) is 8.71. The van der Waals surface area contributed by atoms with Gasteiger partial charge in [0.2, 0.25) is 5.69 Å². The fraction of sp³-hybridized carbons (Fsp3) is 0.464.